The molecule has 7 rings (SSSR count). The second-order valence-electron chi connectivity index (χ2n) is 10.5. The number of allylic oxidation sites excluding steroid dienone is 2. The van der Waals surface area contributed by atoms with Crippen LogP contribution in [-0.2, 0) is 20.8 Å². The number of benzene rings is 2. The number of carbonyl (C=O) groups is 3. The summed E-state index contributed by atoms with van der Waals surface area (Å²) in [5.74, 6) is 0.596. The highest BCUT2D eigenvalue weighted by molar-refractivity contribution is 6.09. The normalized spacial score (nSPS) is 30.1. The standard InChI is InChI=1S/C30H31NO5/c1-2-3-15-35-19-9-11-20(12-10-19)36-30(34)25(16-18-7-5-4-6-8-18)31-28(32)26-21-13-14-22(24-17-23(21)24)27(26)29(31)33/h4-14,21-27H,2-3,15-17H2,1H3/t21-,22-,23-,24-,25-,26+,27+/m0/s1. The van der Waals surface area contributed by atoms with Crippen LogP contribution >= 0.6 is 0 Å². The van der Waals surface area contributed by atoms with Gasteiger partial charge in [-0.2, -0.15) is 0 Å². The molecule has 2 saturated carbocycles. The first kappa shape index (κ1) is 23.0. The lowest BCUT2D eigenvalue weighted by Gasteiger charge is -2.37. The third kappa shape index (κ3) is 3.93. The van der Waals surface area contributed by atoms with Gasteiger partial charge in [0.2, 0.25) is 11.8 Å². The molecule has 0 aromatic heterocycles. The Labute approximate surface area is 211 Å². The van der Waals surface area contributed by atoms with Gasteiger partial charge < -0.3 is 9.47 Å². The number of imide groups is 1. The minimum Gasteiger partial charge on any atom is -0.494 e. The minimum atomic E-state index is -1.01. The zero-order valence-electron chi connectivity index (χ0n) is 20.4. The van der Waals surface area contributed by atoms with Gasteiger partial charge >= 0.3 is 5.97 Å². The highest BCUT2D eigenvalue weighted by Crippen LogP contribution is 2.65. The van der Waals surface area contributed by atoms with Crippen LogP contribution in [0.3, 0.4) is 0 Å². The molecule has 2 aromatic carbocycles. The summed E-state index contributed by atoms with van der Waals surface area (Å²) in [4.78, 5) is 42.2. The number of likely N-dealkylation sites (tertiary alicyclic amines) is 1. The van der Waals surface area contributed by atoms with Crippen molar-refractivity contribution < 1.29 is 23.9 Å². The molecule has 6 nitrogen and oxygen atoms in total. The Hall–Kier alpha value is -3.41. The number of unbranched alkanes of at least 4 members (excludes halogenated alkanes) is 1. The Kier molecular flexibility index (Phi) is 5.90. The van der Waals surface area contributed by atoms with Crippen LogP contribution in [0.5, 0.6) is 11.5 Å². The van der Waals surface area contributed by atoms with Crippen LogP contribution in [0, 0.1) is 35.5 Å². The number of ether oxygens (including phenoxy) is 2. The third-order valence-electron chi connectivity index (χ3n) is 8.36. The Balaban J connectivity index is 1.24. The fourth-order valence-corrected chi connectivity index (χ4v) is 6.53. The molecule has 186 valence electrons. The van der Waals surface area contributed by atoms with Crippen LogP contribution in [0.15, 0.2) is 66.7 Å². The molecule has 36 heavy (non-hydrogen) atoms. The Morgan fingerprint density at radius 1 is 0.917 bits per heavy atom. The molecule has 1 aliphatic heterocycles. The van der Waals surface area contributed by atoms with Gasteiger partial charge in [0.25, 0.3) is 0 Å². The minimum absolute atomic E-state index is 0.111. The number of esters is 1. The van der Waals surface area contributed by atoms with Crippen LogP contribution in [0.2, 0.25) is 0 Å². The molecular formula is C30H31NO5. The smallest absolute Gasteiger partial charge is 0.335 e. The lowest BCUT2D eigenvalue weighted by molar-refractivity contribution is -0.153. The summed E-state index contributed by atoms with van der Waals surface area (Å²) in [5.41, 5.74) is 0.874. The molecule has 1 heterocycles. The zero-order chi connectivity index (χ0) is 24.8. The molecule has 2 amide bonds. The monoisotopic (exact) mass is 485 g/mol. The fraction of sp³-hybridized carbons (Fsp3) is 0.433. The molecule has 0 unspecified atom stereocenters. The van der Waals surface area contributed by atoms with E-state index in [9.17, 15) is 14.4 Å². The molecule has 3 fully saturated rings. The predicted octanol–water partition coefficient (Wildman–Crippen LogP) is 4.44. The van der Waals surface area contributed by atoms with Crippen molar-refractivity contribution in [3.8, 4) is 11.5 Å². The van der Waals surface area contributed by atoms with E-state index in [2.05, 4.69) is 19.1 Å². The van der Waals surface area contributed by atoms with Crippen LogP contribution < -0.4 is 9.47 Å². The van der Waals surface area contributed by atoms with Crippen LogP contribution in [0.25, 0.3) is 0 Å². The lowest BCUT2D eigenvalue weighted by Crippen LogP contribution is -2.48. The number of hydrogen-bond donors (Lipinski definition) is 0. The van der Waals surface area contributed by atoms with Crippen LogP contribution in [-0.4, -0.2) is 35.3 Å². The Morgan fingerprint density at radius 2 is 1.53 bits per heavy atom. The van der Waals surface area contributed by atoms with E-state index in [-0.39, 0.29) is 41.9 Å². The summed E-state index contributed by atoms with van der Waals surface area (Å²) < 4.78 is 11.4. The molecule has 0 radical (unpaired) electrons. The van der Waals surface area contributed by atoms with Gasteiger partial charge in [-0.3, -0.25) is 14.5 Å². The highest BCUT2D eigenvalue weighted by atomic mass is 16.5. The molecule has 2 bridgehead atoms. The Bertz CT molecular complexity index is 1150. The molecule has 4 aliphatic carbocycles. The number of carbonyl (C=O) groups excluding carboxylic acids is 3. The molecule has 0 spiro atoms. The van der Waals surface area contributed by atoms with E-state index in [1.807, 2.05) is 30.3 Å². The first-order valence-electron chi connectivity index (χ1n) is 13.1. The molecule has 5 aliphatic rings. The second kappa shape index (κ2) is 9.23. The van der Waals surface area contributed by atoms with Gasteiger partial charge in [-0.05, 0) is 66.3 Å². The zero-order valence-corrected chi connectivity index (χ0v) is 20.4. The Morgan fingerprint density at radius 3 is 2.14 bits per heavy atom. The maximum atomic E-state index is 13.7. The van der Waals surface area contributed by atoms with Gasteiger partial charge in [-0.1, -0.05) is 55.8 Å². The van der Waals surface area contributed by atoms with Crippen molar-refractivity contribution in [2.45, 2.75) is 38.6 Å². The van der Waals surface area contributed by atoms with Crippen LogP contribution in [0.4, 0.5) is 0 Å². The summed E-state index contributed by atoms with van der Waals surface area (Å²) in [6.07, 6.45) is 7.63. The van der Waals surface area contributed by atoms with Crippen molar-refractivity contribution in [3.63, 3.8) is 0 Å². The SMILES string of the molecule is CCCCOc1ccc(OC(=O)[C@H](Cc2ccccc2)N2C(=O)[C@@H]3[C@H]4C=C[C@@H]([C@@H]5C[C@@H]45)[C@H]3C2=O)cc1. The molecule has 7 atom stereocenters. The topological polar surface area (TPSA) is 72.9 Å². The average Bonchev–Trinajstić information content (AvgIpc) is 3.68. The van der Waals surface area contributed by atoms with Crippen LogP contribution in [0.1, 0.15) is 31.7 Å². The molecular weight excluding hydrogens is 454 g/mol. The van der Waals surface area contributed by atoms with E-state index in [1.54, 1.807) is 24.3 Å². The van der Waals surface area contributed by atoms with E-state index in [0.717, 1.165) is 24.8 Å². The number of rotatable bonds is 9. The highest BCUT2D eigenvalue weighted by Gasteiger charge is 2.68. The molecule has 1 saturated heterocycles. The molecule has 2 aromatic rings. The van der Waals surface area contributed by atoms with E-state index >= 15 is 0 Å². The predicted molar refractivity (Wildman–Crippen MR) is 133 cm³/mol. The second-order valence-corrected chi connectivity index (χ2v) is 10.5. The fourth-order valence-electron chi connectivity index (χ4n) is 6.53. The van der Waals surface area contributed by atoms with E-state index in [0.29, 0.717) is 29.9 Å². The van der Waals surface area contributed by atoms with Gasteiger partial charge in [-0.25, -0.2) is 4.79 Å². The van der Waals surface area contributed by atoms with E-state index in [4.69, 9.17) is 9.47 Å². The third-order valence-corrected chi connectivity index (χ3v) is 8.36. The maximum absolute atomic E-state index is 13.7. The number of hydrogen-bond acceptors (Lipinski definition) is 5. The number of amides is 2. The van der Waals surface area contributed by atoms with Crippen molar-refractivity contribution in [2.75, 3.05) is 6.61 Å². The van der Waals surface area contributed by atoms with E-state index in [1.165, 1.54) is 4.90 Å². The van der Waals surface area contributed by atoms with Crippen molar-refractivity contribution in [2.24, 2.45) is 35.5 Å². The van der Waals surface area contributed by atoms with Crippen molar-refractivity contribution in [1.29, 1.82) is 0 Å². The lowest BCUT2D eigenvalue weighted by atomic mass is 9.63. The van der Waals surface area contributed by atoms with E-state index < -0.39 is 12.0 Å². The molecule has 6 heteroatoms. The first-order chi connectivity index (χ1) is 17.6. The summed E-state index contributed by atoms with van der Waals surface area (Å²) in [6, 6.07) is 15.4. The van der Waals surface area contributed by atoms with Gasteiger partial charge in [0.05, 0.1) is 18.4 Å². The quantitative estimate of drug-likeness (QED) is 0.173. The summed E-state index contributed by atoms with van der Waals surface area (Å²) in [7, 11) is 0. The number of nitrogens with zero attached hydrogens (tertiary/aromatic N) is 1. The van der Waals surface area contributed by atoms with Crippen molar-refractivity contribution in [3.05, 3.63) is 72.3 Å². The maximum Gasteiger partial charge on any atom is 0.335 e. The summed E-state index contributed by atoms with van der Waals surface area (Å²) in [5, 5.41) is 0. The van der Waals surface area contributed by atoms with Gasteiger partial charge in [0.15, 0.2) is 0 Å². The summed E-state index contributed by atoms with van der Waals surface area (Å²) in [6.45, 7) is 2.74. The van der Waals surface area contributed by atoms with Crippen molar-refractivity contribution >= 4 is 17.8 Å². The largest absolute Gasteiger partial charge is 0.494 e. The van der Waals surface area contributed by atoms with Crippen molar-refractivity contribution in [1.82, 2.24) is 4.90 Å². The van der Waals surface area contributed by atoms with Gasteiger partial charge in [0, 0.05) is 6.42 Å². The first-order valence-corrected chi connectivity index (χ1v) is 13.1. The summed E-state index contributed by atoms with van der Waals surface area (Å²) >= 11 is 0. The average molecular weight is 486 g/mol. The molecule has 0 N–H and O–H groups in total. The van der Waals surface area contributed by atoms with Gasteiger partial charge in [0.1, 0.15) is 17.5 Å². The van der Waals surface area contributed by atoms with Gasteiger partial charge in [-0.15, -0.1) is 0 Å².